The van der Waals surface area contributed by atoms with E-state index in [4.69, 9.17) is 21.3 Å². The fraction of sp³-hybridized carbons (Fsp3) is 0.400. The van der Waals surface area contributed by atoms with E-state index < -0.39 is 0 Å². The summed E-state index contributed by atoms with van der Waals surface area (Å²) in [6.07, 6.45) is 9.45. The Labute approximate surface area is 270 Å². The van der Waals surface area contributed by atoms with E-state index >= 15 is 0 Å². The minimum Gasteiger partial charge on any atom is -0.484 e. The van der Waals surface area contributed by atoms with E-state index in [2.05, 4.69) is 20.6 Å². The number of urea groups is 1. The molecule has 1 aliphatic heterocycles. The second-order valence-corrected chi connectivity index (χ2v) is 13.0. The first-order valence-electron chi connectivity index (χ1n) is 15.9. The number of fused-ring (bicyclic) bond motifs is 1. The summed E-state index contributed by atoms with van der Waals surface area (Å²) in [6.45, 7) is 9.56. The Morgan fingerprint density at radius 2 is 1.80 bits per heavy atom. The highest BCUT2D eigenvalue weighted by molar-refractivity contribution is 6.05. The number of amidine groups is 1. The maximum absolute atomic E-state index is 13.4. The van der Waals surface area contributed by atoms with Gasteiger partial charge in [0.1, 0.15) is 23.2 Å². The number of rotatable bonds is 5. The average molecular weight is 624 g/mol. The second kappa shape index (κ2) is 14.0. The van der Waals surface area contributed by atoms with Crippen LogP contribution in [0.25, 0.3) is 0 Å². The van der Waals surface area contributed by atoms with E-state index in [1.807, 2.05) is 69.0 Å². The van der Waals surface area contributed by atoms with Crippen LogP contribution >= 0.6 is 0 Å². The van der Waals surface area contributed by atoms with Crippen molar-refractivity contribution < 1.29 is 9.53 Å². The number of benzene rings is 1. The number of carbonyl (C=O) groups is 1. The van der Waals surface area contributed by atoms with Crippen molar-refractivity contribution in [3.8, 4) is 5.75 Å². The molecule has 3 heterocycles. The number of carbonyl (C=O) groups excluding carboxylic acids is 1. The van der Waals surface area contributed by atoms with Gasteiger partial charge in [-0.2, -0.15) is 0 Å². The van der Waals surface area contributed by atoms with Crippen molar-refractivity contribution in [1.29, 1.82) is 10.8 Å². The molecule has 1 aromatic carbocycles. The lowest BCUT2D eigenvalue weighted by molar-refractivity contribution is 0.171. The summed E-state index contributed by atoms with van der Waals surface area (Å²) in [6, 6.07) is 14.5. The lowest BCUT2D eigenvalue weighted by atomic mass is 9.85. The van der Waals surface area contributed by atoms with E-state index in [0.717, 1.165) is 42.8 Å². The third-order valence-electron chi connectivity index (χ3n) is 8.37. The van der Waals surface area contributed by atoms with E-state index in [9.17, 15) is 4.79 Å². The molecule has 2 atom stereocenters. The van der Waals surface area contributed by atoms with Crippen LogP contribution in [0.5, 0.6) is 5.75 Å². The van der Waals surface area contributed by atoms with E-state index in [1.54, 1.807) is 35.2 Å². The van der Waals surface area contributed by atoms with Crippen molar-refractivity contribution >= 4 is 23.5 Å². The van der Waals surface area contributed by atoms with Crippen LogP contribution in [0.2, 0.25) is 0 Å². The number of ether oxygens (including phenoxy) is 1. The highest BCUT2D eigenvalue weighted by Crippen LogP contribution is 2.38. The van der Waals surface area contributed by atoms with Crippen molar-refractivity contribution in [2.45, 2.75) is 71.9 Å². The van der Waals surface area contributed by atoms with Gasteiger partial charge in [-0.1, -0.05) is 45.0 Å². The number of nitrogens with two attached hydrogens (primary N) is 1. The van der Waals surface area contributed by atoms with Gasteiger partial charge in [0.2, 0.25) is 5.96 Å². The van der Waals surface area contributed by atoms with Crippen LogP contribution in [0, 0.1) is 23.2 Å². The van der Waals surface area contributed by atoms with Crippen LogP contribution in [0.3, 0.4) is 0 Å². The predicted molar refractivity (Wildman–Crippen MR) is 180 cm³/mol. The molecule has 6 N–H and O–H groups in total. The van der Waals surface area contributed by atoms with Gasteiger partial charge in [0.25, 0.3) is 0 Å². The van der Waals surface area contributed by atoms with Gasteiger partial charge < -0.3 is 20.7 Å². The third-order valence-corrected chi connectivity index (χ3v) is 8.37. The first-order valence-corrected chi connectivity index (χ1v) is 15.9. The number of amides is 2. The number of pyridine rings is 2. The fourth-order valence-corrected chi connectivity index (χ4v) is 5.61. The summed E-state index contributed by atoms with van der Waals surface area (Å²) in [7, 11) is 0. The zero-order chi connectivity index (χ0) is 32.8. The minimum atomic E-state index is -0.390. The van der Waals surface area contributed by atoms with Crippen molar-refractivity contribution in [3.63, 3.8) is 0 Å². The zero-order valence-electron chi connectivity index (χ0n) is 27.1. The summed E-state index contributed by atoms with van der Waals surface area (Å²) < 4.78 is 8.07. The molecule has 3 aromatic rings. The van der Waals surface area contributed by atoms with Gasteiger partial charge in [0.15, 0.2) is 0 Å². The molecule has 1 aliphatic carbocycles. The number of aryl methyl sites for hydroxylation is 1. The molecule has 242 valence electrons. The Bertz CT molecular complexity index is 1680. The van der Waals surface area contributed by atoms with Crippen LogP contribution in [-0.4, -0.2) is 45.4 Å². The van der Waals surface area contributed by atoms with Crippen LogP contribution < -0.4 is 26.6 Å². The van der Waals surface area contributed by atoms with Crippen LogP contribution in [0.1, 0.15) is 81.8 Å². The molecule has 5 rings (SSSR count). The molecule has 11 nitrogen and oxygen atoms in total. The van der Waals surface area contributed by atoms with Gasteiger partial charge in [-0.05, 0) is 74.4 Å². The number of hydrogen-bond donors (Lipinski definition) is 5. The number of nitrogens with zero attached hydrogens (tertiary/aromatic N) is 4. The third kappa shape index (κ3) is 8.01. The normalized spacial score (nSPS) is 18.8. The molecule has 46 heavy (non-hydrogen) atoms. The summed E-state index contributed by atoms with van der Waals surface area (Å²) >= 11 is 0. The maximum atomic E-state index is 13.4. The number of hydrogen-bond acceptors (Lipinski definition) is 7. The van der Waals surface area contributed by atoms with E-state index in [0.29, 0.717) is 41.8 Å². The maximum Gasteiger partial charge on any atom is 0.320 e. The number of nitrogens with one attached hydrogen (secondary N) is 4. The van der Waals surface area contributed by atoms with Crippen LogP contribution in [0.15, 0.2) is 77.7 Å². The Hall–Kier alpha value is -4.93. The van der Waals surface area contributed by atoms with Crippen molar-refractivity contribution in [1.82, 2.24) is 25.1 Å². The molecule has 2 unspecified atom stereocenters. The first kappa shape index (κ1) is 32.5. The summed E-state index contributed by atoms with van der Waals surface area (Å²) in [5, 5.41) is 23.2. The largest absolute Gasteiger partial charge is 0.484 e. The summed E-state index contributed by atoms with van der Waals surface area (Å²) in [5.74, 6) is 1.22. The molecule has 2 aliphatic rings. The number of allylic oxidation sites excluding steroid dienone is 1. The SMILES string of the molecule is Cc1ccc(N=C(/C=C(\N)C(C)(C)C)NC(=O)NC2CCC(Oc3ccc(=N)n(C(=N)N4CCCCC4)c3)c3ccccc32)cn1. The molecule has 0 spiro atoms. The van der Waals surface area contributed by atoms with Crippen molar-refractivity contribution in [2.75, 3.05) is 13.1 Å². The minimum absolute atomic E-state index is 0.239. The standard InChI is InChI=1S/C35H45N9O2/c1-23-12-13-24(21-39-23)40-32(20-30(36)35(2,3)4)42-34(45)41-28-15-16-29(27-11-7-6-10-26(27)28)46-25-14-17-31(37)44(22-25)33(38)43-18-8-5-9-19-43/h6-7,10-14,17,20-22,28-29,37-38H,5,8-9,15-16,18-19,36H2,1-4H3,(H2,40,41,42,45)/b30-20-,37-31?,38-33?. The van der Waals surface area contributed by atoms with Crippen molar-refractivity contribution in [3.05, 3.63) is 95.0 Å². The Morgan fingerprint density at radius 1 is 1.07 bits per heavy atom. The van der Waals surface area contributed by atoms with Gasteiger partial charge in [-0.3, -0.25) is 25.7 Å². The lowest BCUT2D eigenvalue weighted by Crippen LogP contribution is -2.43. The Balaban J connectivity index is 1.32. The first-order chi connectivity index (χ1) is 22.0. The van der Waals surface area contributed by atoms with Gasteiger partial charge >= 0.3 is 6.03 Å². The molecule has 2 amide bonds. The Morgan fingerprint density at radius 3 is 2.50 bits per heavy atom. The summed E-state index contributed by atoms with van der Waals surface area (Å²) in [4.78, 5) is 24.3. The molecule has 1 fully saturated rings. The molecule has 1 saturated heterocycles. The molecule has 11 heteroatoms. The molecule has 0 radical (unpaired) electrons. The number of likely N-dealkylation sites (tertiary alicyclic amines) is 1. The topological polar surface area (TPSA) is 158 Å². The van der Waals surface area contributed by atoms with E-state index in [-0.39, 0.29) is 29.1 Å². The lowest BCUT2D eigenvalue weighted by Gasteiger charge is -2.33. The van der Waals surface area contributed by atoms with Crippen molar-refractivity contribution in [2.24, 2.45) is 16.1 Å². The predicted octanol–water partition coefficient (Wildman–Crippen LogP) is 5.81. The highest BCUT2D eigenvalue weighted by Gasteiger charge is 2.30. The second-order valence-electron chi connectivity index (χ2n) is 13.0. The Kier molecular flexibility index (Phi) is 9.89. The molecule has 2 aromatic heterocycles. The smallest absolute Gasteiger partial charge is 0.320 e. The summed E-state index contributed by atoms with van der Waals surface area (Å²) in [5.41, 5.74) is 10.3. The number of aromatic nitrogens is 2. The van der Waals surface area contributed by atoms with Crippen LogP contribution in [0.4, 0.5) is 10.5 Å². The molecule has 0 bridgehead atoms. The van der Waals surface area contributed by atoms with Gasteiger partial charge in [0, 0.05) is 36.0 Å². The number of piperidine rings is 1. The monoisotopic (exact) mass is 623 g/mol. The zero-order valence-corrected chi connectivity index (χ0v) is 27.1. The van der Waals surface area contributed by atoms with E-state index in [1.165, 1.54) is 6.42 Å². The van der Waals surface area contributed by atoms with Crippen LogP contribution in [-0.2, 0) is 0 Å². The highest BCUT2D eigenvalue weighted by atomic mass is 16.5. The van der Waals surface area contributed by atoms with Gasteiger partial charge in [-0.15, -0.1) is 0 Å². The molecule has 0 saturated carbocycles. The van der Waals surface area contributed by atoms with Gasteiger partial charge in [-0.25, -0.2) is 9.79 Å². The molecular weight excluding hydrogens is 578 g/mol. The fourth-order valence-electron chi connectivity index (χ4n) is 5.61. The quantitative estimate of drug-likeness (QED) is 0.179. The average Bonchev–Trinajstić information content (AvgIpc) is 3.03. The number of aliphatic imine (C=N–C) groups is 1. The van der Waals surface area contributed by atoms with Gasteiger partial charge in [0.05, 0.1) is 24.1 Å². The molecular formula is C35H45N9O2.